The van der Waals surface area contributed by atoms with Gasteiger partial charge in [-0.1, -0.05) is 0 Å². The topological polar surface area (TPSA) is 55.2 Å². The predicted molar refractivity (Wildman–Crippen MR) is 48.3 cm³/mol. The smallest absolute Gasteiger partial charge is 0.344 e. The molecule has 0 rings (SSSR count). The molecule has 0 spiro atoms. The molecule has 0 bridgehead atoms. The Hall–Kier alpha value is -0.110. The van der Waals surface area contributed by atoms with E-state index in [-0.39, 0.29) is 12.4 Å². The van der Waals surface area contributed by atoms with Crippen LogP contribution in [0.1, 0.15) is 6.92 Å². The Morgan fingerprint density at radius 1 is 0.933 bits per heavy atom. The number of aliphatic hydroxyl groups is 1. The van der Waals surface area contributed by atoms with Crippen molar-refractivity contribution in [3.05, 3.63) is 0 Å². The zero-order valence-electron chi connectivity index (χ0n) is 8.89. The summed E-state index contributed by atoms with van der Waals surface area (Å²) in [5.74, 6) is 0. The van der Waals surface area contributed by atoms with E-state index in [4.69, 9.17) is 5.11 Å². The largest absolute Gasteiger partial charge is 0.344 e. The van der Waals surface area contributed by atoms with Gasteiger partial charge in [0.1, 0.15) is 0 Å². The standard InChI is InChI=1S/C5H14NO.F6P.H3N/c1-5(7)6(2,3)4;1-7(2,3,4,5)6;/h5,7H,1-4H3;;1H3/q+1;-1;. The van der Waals surface area contributed by atoms with Gasteiger partial charge in [-0.05, 0) is 0 Å². The van der Waals surface area contributed by atoms with Gasteiger partial charge in [-0.2, -0.15) is 0 Å². The third-order valence-corrected chi connectivity index (χ3v) is 1.12. The molecule has 0 aliphatic heterocycles. The predicted octanol–water partition coefficient (Wildman–Crippen LogP) is 3.58. The summed E-state index contributed by atoms with van der Waals surface area (Å²) >= 11 is 0. The molecule has 100 valence electrons. The van der Waals surface area contributed by atoms with E-state index in [1.54, 1.807) is 6.92 Å². The molecule has 0 aliphatic carbocycles. The summed E-state index contributed by atoms with van der Waals surface area (Å²) < 4.78 is 59.8. The molecule has 0 fully saturated rings. The Balaban J connectivity index is -0.000000180. The molecule has 0 radical (unpaired) electrons. The van der Waals surface area contributed by atoms with E-state index in [0.29, 0.717) is 4.48 Å². The Kier molecular flexibility index (Phi) is 5.48. The van der Waals surface area contributed by atoms with E-state index in [1.807, 2.05) is 21.1 Å². The number of halogens is 6. The molecule has 1 unspecified atom stereocenters. The van der Waals surface area contributed by atoms with Gasteiger partial charge in [0.2, 0.25) is 0 Å². The average molecular weight is 266 g/mol. The van der Waals surface area contributed by atoms with Crippen molar-refractivity contribution in [3.63, 3.8) is 0 Å². The van der Waals surface area contributed by atoms with Crippen LogP contribution in [0.25, 0.3) is 0 Å². The minimum atomic E-state index is -10.7. The summed E-state index contributed by atoms with van der Waals surface area (Å²) in [5, 5.41) is 8.86. The molecule has 0 aromatic rings. The van der Waals surface area contributed by atoms with Gasteiger partial charge in [0, 0.05) is 6.92 Å². The molecule has 1 atom stereocenters. The maximum Gasteiger partial charge on any atom is -0.344 e. The molecule has 0 saturated carbocycles. The second kappa shape index (κ2) is 4.04. The van der Waals surface area contributed by atoms with Crippen molar-refractivity contribution in [2.24, 2.45) is 0 Å². The molecule has 0 aromatic heterocycles. The number of nitrogens with zero attached hydrogens (tertiary/aromatic N) is 1. The van der Waals surface area contributed by atoms with Gasteiger partial charge in [0.25, 0.3) is 0 Å². The van der Waals surface area contributed by atoms with Crippen molar-refractivity contribution in [3.8, 4) is 0 Å². The van der Waals surface area contributed by atoms with Gasteiger partial charge < -0.3 is 15.7 Å². The quantitative estimate of drug-likeness (QED) is 0.330. The number of quaternary nitrogens is 1. The van der Waals surface area contributed by atoms with Crippen LogP contribution < -0.4 is 6.15 Å². The number of rotatable bonds is 1. The van der Waals surface area contributed by atoms with E-state index >= 15 is 0 Å². The average Bonchev–Trinajstić information content (AvgIpc) is 1.50. The van der Waals surface area contributed by atoms with Crippen molar-refractivity contribution in [2.45, 2.75) is 13.2 Å². The normalized spacial score (nSPS) is 18.6. The molecule has 0 saturated heterocycles. The minimum Gasteiger partial charge on any atom is -0.344 e. The zero-order chi connectivity index (χ0) is 12.5. The van der Waals surface area contributed by atoms with E-state index in [0.717, 1.165) is 0 Å². The van der Waals surface area contributed by atoms with Crippen LogP contribution in [0.2, 0.25) is 0 Å². The number of aliphatic hydroxyl groups excluding tert-OH is 1. The Morgan fingerprint density at radius 3 is 1.00 bits per heavy atom. The Labute approximate surface area is 84.1 Å². The summed E-state index contributed by atoms with van der Waals surface area (Å²) in [5.41, 5.74) is 0. The van der Waals surface area contributed by atoms with E-state index < -0.39 is 7.81 Å². The van der Waals surface area contributed by atoms with E-state index in [2.05, 4.69) is 0 Å². The molecular weight excluding hydrogens is 249 g/mol. The van der Waals surface area contributed by atoms with Crippen LogP contribution in [-0.2, 0) is 0 Å². The molecule has 0 heterocycles. The number of hydrogen-bond acceptors (Lipinski definition) is 2. The molecule has 15 heavy (non-hydrogen) atoms. The van der Waals surface area contributed by atoms with Gasteiger partial charge in [0.15, 0.2) is 6.23 Å². The van der Waals surface area contributed by atoms with Crippen LogP contribution in [0, 0.1) is 0 Å². The maximum absolute atomic E-state index is 10.7. The first kappa shape index (κ1) is 20.3. The minimum absolute atomic E-state index is 0. The van der Waals surface area contributed by atoms with Gasteiger partial charge in [-0.3, -0.25) is 0 Å². The first-order valence-corrected chi connectivity index (χ1v) is 5.48. The maximum atomic E-state index is 9.87. The first-order chi connectivity index (χ1) is 5.39. The van der Waals surface area contributed by atoms with E-state index in [1.165, 1.54) is 0 Å². The molecule has 0 aromatic carbocycles. The second-order valence-corrected chi connectivity index (χ2v) is 5.62. The monoisotopic (exact) mass is 266 g/mol. The summed E-state index contributed by atoms with van der Waals surface area (Å²) in [7, 11) is -4.81. The SMILES string of the molecule is CC(O)[N+](C)(C)C.F[P-](F)(F)(F)(F)F.N. The second-order valence-electron chi connectivity index (χ2n) is 3.71. The summed E-state index contributed by atoms with van der Waals surface area (Å²) in [4.78, 5) is 0. The van der Waals surface area contributed by atoms with E-state index in [9.17, 15) is 25.2 Å². The molecule has 10 heteroatoms. The van der Waals surface area contributed by atoms with Gasteiger partial charge >= 0.3 is 33.0 Å². The Morgan fingerprint density at radius 2 is 1.00 bits per heavy atom. The van der Waals surface area contributed by atoms with Gasteiger partial charge in [-0.25, -0.2) is 0 Å². The van der Waals surface area contributed by atoms with Crippen LogP contribution in [0.15, 0.2) is 0 Å². The van der Waals surface area contributed by atoms with Crippen molar-refractivity contribution in [1.29, 1.82) is 0 Å². The van der Waals surface area contributed by atoms with Crippen molar-refractivity contribution < 1.29 is 34.8 Å². The summed E-state index contributed by atoms with van der Waals surface area (Å²) in [6, 6.07) is 0. The van der Waals surface area contributed by atoms with Crippen LogP contribution in [-0.4, -0.2) is 37.0 Å². The van der Waals surface area contributed by atoms with Crippen molar-refractivity contribution in [2.75, 3.05) is 21.1 Å². The van der Waals surface area contributed by atoms with Crippen LogP contribution in [0.3, 0.4) is 0 Å². The summed E-state index contributed by atoms with van der Waals surface area (Å²) in [6.45, 7) is 1.78. The summed E-state index contributed by atoms with van der Waals surface area (Å²) in [6.07, 6.45) is -0.264. The van der Waals surface area contributed by atoms with Crippen LogP contribution >= 0.6 is 7.81 Å². The molecule has 0 amide bonds. The van der Waals surface area contributed by atoms with Crippen molar-refractivity contribution in [1.82, 2.24) is 6.15 Å². The third kappa shape index (κ3) is 56.6. The van der Waals surface area contributed by atoms with Gasteiger partial charge in [-0.15, -0.1) is 0 Å². The molecular formula is C5H17F6N2OP. The van der Waals surface area contributed by atoms with Gasteiger partial charge in [0.05, 0.1) is 21.1 Å². The number of hydrogen-bond donors (Lipinski definition) is 2. The molecule has 3 nitrogen and oxygen atoms in total. The zero-order valence-corrected chi connectivity index (χ0v) is 9.79. The first-order valence-electron chi connectivity index (χ1n) is 3.45. The Bertz CT molecular complexity index is 179. The fourth-order valence-electron chi connectivity index (χ4n) is 0. The fourth-order valence-corrected chi connectivity index (χ4v) is 0. The molecule has 4 N–H and O–H groups in total. The van der Waals surface area contributed by atoms with Crippen LogP contribution in [0.4, 0.5) is 25.2 Å². The van der Waals surface area contributed by atoms with Crippen molar-refractivity contribution >= 4 is 7.81 Å². The third-order valence-electron chi connectivity index (χ3n) is 1.12. The fraction of sp³-hybridized carbons (Fsp3) is 1.00. The molecule has 0 aliphatic rings. The van der Waals surface area contributed by atoms with Crippen LogP contribution in [0.5, 0.6) is 0 Å².